The van der Waals surface area contributed by atoms with Gasteiger partial charge in [0.15, 0.2) is 0 Å². The smallest absolute Gasteiger partial charge is 0.290 e. The number of anilines is 1. The number of benzene rings is 1. The lowest BCUT2D eigenvalue weighted by Gasteiger charge is -2.38. The van der Waals surface area contributed by atoms with Crippen LogP contribution in [0.25, 0.3) is 11.3 Å². The molecule has 0 bridgehead atoms. The first-order chi connectivity index (χ1) is 16.4. The molecule has 1 aromatic carbocycles. The molecule has 1 saturated heterocycles. The molecule has 1 aliphatic heterocycles. The molecule has 1 saturated carbocycles. The van der Waals surface area contributed by atoms with Crippen LogP contribution in [0.1, 0.15) is 42.1 Å². The Bertz CT molecular complexity index is 1210. The van der Waals surface area contributed by atoms with Crippen molar-refractivity contribution in [3.05, 3.63) is 65.1 Å². The summed E-state index contributed by atoms with van der Waals surface area (Å²) < 4.78 is 69.8. The number of halogens is 4. The number of pyridine rings is 1. The van der Waals surface area contributed by atoms with Crippen molar-refractivity contribution in [1.29, 1.82) is 5.26 Å². The van der Waals surface area contributed by atoms with E-state index in [0.717, 1.165) is 25.0 Å². The van der Waals surface area contributed by atoms with Crippen molar-refractivity contribution in [1.82, 2.24) is 10.1 Å². The number of hydrogen-bond acceptors (Lipinski definition) is 6. The Morgan fingerprint density at radius 2 is 1.91 bits per heavy atom. The SMILES string of the molecule is N#Cc1ccc(N2CCC(OCc3c(-c4c(F)cccc4F)noc3C3CC3)C(F)(F)C2)nc1. The fraction of sp³-hybridized carbons (Fsp3) is 0.375. The van der Waals surface area contributed by atoms with Crippen molar-refractivity contribution in [2.45, 2.75) is 43.8 Å². The van der Waals surface area contributed by atoms with Crippen LogP contribution < -0.4 is 4.90 Å². The maximum atomic E-state index is 15.0. The largest absolute Gasteiger partial charge is 0.367 e. The number of nitrogens with zero attached hydrogens (tertiary/aromatic N) is 4. The summed E-state index contributed by atoms with van der Waals surface area (Å²) in [5.41, 5.74) is 0.236. The van der Waals surface area contributed by atoms with Crippen molar-refractivity contribution < 1.29 is 26.8 Å². The molecule has 0 spiro atoms. The molecule has 3 aromatic rings. The first kappa shape index (κ1) is 22.3. The first-order valence-electron chi connectivity index (χ1n) is 10.9. The van der Waals surface area contributed by atoms with Gasteiger partial charge in [-0.2, -0.15) is 5.26 Å². The van der Waals surface area contributed by atoms with E-state index in [2.05, 4.69) is 10.1 Å². The van der Waals surface area contributed by atoms with E-state index in [0.29, 0.717) is 22.7 Å². The molecule has 10 heteroatoms. The normalized spacial score (nSPS) is 19.7. The van der Waals surface area contributed by atoms with Gasteiger partial charge in [-0.05, 0) is 43.5 Å². The molecule has 2 aromatic heterocycles. The molecule has 34 heavy (non-hydrogen) atoms. The van der Waals surface area contributed by atoms with Gasteiger partial charge in [-0.1, -0.05) is 11.2 Å². The van der Waals surface area contributed by atoms with Gasteiger partial charge in [0.1, 0.15) is 41.1 Å². The maximum absolute atomic E-state index is 15.0. The van der Waals surface area contributed by atoms with Gasteiger partial charge in [-0.25, -0.2) is 22.5 Å². The Kier molecular flexibility index (Phi) is 5.73. The van der Waals surface area contributed by atoms with E-state index in [4.69, 9.17) is 14.5 Å². The summed E-state index contributed by atoms with van der Waals surface area (Å²) in [6.45, 7) is -0.634. The Balaban J connectivity index is 1.34. The summed E-state index contributed by atoms with van der Waals surface area (Å²) in [6, 6.07) is 8.45. The number of piperidine rings is 1. The molecule has 2 fully saturated rings. The molecule has 0 N–H and O–H groups in total. The highest BCUT2D eigenvalue weighted by atomic mass is 19.3. The second-order valence-corrected chi connectivity index (χ2v) is 8.53. The Hall–Kier alpha value is -3.45. The van der Waals surface area contributed by atoms with E-state index in [-0.39, 0.29) is 36.7 Å². The van der Waals surface area contributed by atoms with Gasteiger partial charge in [0.25, 0.3) is 5.92 Å². The van der Waals surface area contributed by atoms with Gasteiger partial charge >= 0.3 is 0 Å². The average Bonchev–Trinajstić information content (AvgIpc) is 3.58. The summed E-state index contributed by atoms with van der Waals surface area (Å²) in [5, 5.41) is 12.8. The highest BCUT2D eigenvalue weighted by Crippen LogP contribution is 2.45. The molecule has 1 aliphatic carbocycles. The predicted molar refractivity (Wildman–Crippen MR) is 113 cm³/mol. The second kappa shape index (κ2) is 8.72. The zero-order chi connectivity index (χ0) is 23.9. The topological polar surface area (TPSA) is 75.2 Å². The van der Waals surface area contributed by atoms with E-state index in [1.54, 1.807) is 0 Å². The molecule has 6 nitrogen and oxygen atoms in total. The molecule has 1 unspecified atom stereocenters. The van der Waals surface area contributed by atoms with Crippen LogP contribution in [0.15, 0.2) is 41.1 Å². The van der Waals surface area contributed by atoms with Crippen molar-refractivity contribution in [3.8, 4) is 17.3 Å². The summed E-state index contributed by atoms with van der Waals surface area (Å²) in [6.07, 6.45) is 1.61. The molecule has 1 atom stereocenters. The summed E-state index contributed by atoms with van der Waals surface area (Å²) >= 11 is 0. The van der Waals surface area contributed by atoms with Crippen LogP contribution in [0.5, 0.6) is 0 Å². The summed E-state index contributed by atoms with van der Waals surface area (Å²) in [5.74, 6) is -4.01. The first-order valence-corrected chi connectivity index (χ1v) is 10.9. The lowest BCUT2D eigenvalue weighted by atomic mass is 10.0. The molecule has 2 aliphatic rings. The highest BCUT2D eigenvalue weighted by Gasteiger charge is 2.46. The van der Waals surface area contributed by atoms with Crippen molar-refractivity contribution in [2.75, 3.05) is 18.0 Å². The molecule has 0 radical (unpaired) electrons. The van der Waals surface area contributed by atoms with Gasteiger partial charge in [-0.15, -0.1) is 0 Å². The van der Waals surface area contributed by atoms with Crippen molar-refractivity contribution >= 4 is 5.82 Å². The van der Waals surface area contributed by atoms with Crippen LogP contribution in [-0.2, 0) is 11.3 Å². The fourth-order valence-electron chi connectivity index (χ4n) is 4.19. The zero-order valence-corrected chi connectivity index (χ0v) is 18.0. The lowest BCUT2D eigenvalue weighted by molar-refractivity contribution is -0.148. The van der Waals surface area contributed by atoms with Gasteiger partial charge in [0.05, 0.1) is 24.3 Å². The van der Waals surface area contributed by atoms with Crippen molar-refractivity contribution in [3.63, 3.8) is 0 Å². The van der Waals surface area contributed by atoms with Crippen LogP contribution in [0.2, 0.25) is 0 Å². The van der Waals surface area contributed by atoms with Gasteiger partial charge < -0.3 is 14.2 Å². The summed E-state index contributed by atoms with van der Waals surface area (Å²) in [7, 11) is 0. The second-order valence-electron chi connectivity index (χ2n) is 8.53. The number of nitriles is 1. The standard InChI is InChI=1S/C24H20F4N4O2/c25-17-2-1-3-18(26)21(17)22-16(23(34-31-22)15-5-6-15)12-33-19-8-9-32(13-24(19,27)28)20-7-4-14(10-29)11-30-20/h1-4,7,11,15,19H,5-6,8-9,12-13H2. The van der Waals surface area contributed by atoms with Gasteiger partial charge in [-0.3, -0.25) is 0 Å². The van der Waals surface area contributed by atoms with E-state index < -0.39 is 30.2 Å². The number of aromatic nitrogens is 2. The Morgan fingerprint density at radius 1 is 1.15 bits per heavy atom. The van der Waals surface area contributed by atoms with Crippen LogP contribution in [-0.4, -0.2) is 35.3 Å². The van der Waals surface area contributed by atoms with Crippen LogP contribution in [0, 0.1) is 23.0 Å². The third-order valence-corrected chi connectivity index (χ3v) is 6.13. The molecule has 5 rings (SSSR count). The van der Waals surface area contributed by atoms with E-state index in [1.807, 2.05) is 6.07 Å². The van der Waals surface area contributed by atoms with E-state index in [1.165, 1.54) is 29.3 Å². The lowest BCUT2D eigenvalue weighted by Crippen LogP contribution is -2.52. The summed E-state index contributed by atoms with van der Waals surface area (Å²) in [4.78, 5) is 5.53. The molecular weight excluding hydrogens is 452 g/mol. The van der Waals surface area contributed by atoms with Crippen molar-refractivity contribution in [2.24, 2.45) is 0 Å². The molecule has 0 amide bonds. The molecular formula is C24H20F4N4O2. The number of ether oxygens (including phenoxy) is 1. The number of hydrogen-bond donors (Lipinski definition) is 0. The predicted octanol–water partition coefficient (Wildman–Crippen LogP) is 5.19. The molecule has 3 heterocycles. The third kappa shape index (κ3) is 4.23. The molecule has 176 valence electrons. The number of alkyl halides is 2. The third-order valence-electron chi connectivity index (χ3n) is 6.13. The number of rotatable bonds is 6. The van der Waals surface area contributed by atoms with Gasteiger partial charge in [0, 0.05) is 24.2 Å². The zero-order valence-electron chi connectivity index (χ0n) is 18.0. The van der Waals surface area contributed by atoms with Crippen LogP contribution in [0.4, 0.5) is 23.4 Å². The minimum absolute atomic E-state index is 0.0160. The fourth-order valence-corrected chi connectivity index (χ4v) is 4.19. The van der Waals surface area contributed by atoms with Gasteiger partial charge in [0.2, 0.25) is 0 Å². The average molecular weight is 472 g/mol. The Labute approximate surface area is 192 Å². The van der Waals surface area contributed by atoms with E-state index >= 15 is 0 Å². The maximum Gasteiger partial charge on any atom is 0.290 e. The Morgan fingerprint density at radius 3 is 2.53 bits per heavy atom. The van der Waals surface area contributed by atoms with E-state index in [9.17, 15) is 17.6 Å². The highest BCUT2D eigenvalue weighted by molar-refractivity contribution is 5.65. The van der Waals surface area contributed by atoms with Crippen LogP contribution in [0.3, 0.4) is 0 Å². The monoisotopic (exact) mass is 472 g/mol. The van der Waals surface area contributed by atoms with Crippen LogP contribution >= 0.6 is 0 Å². The quantitative estimate of drug-likeness (QED) is 0.460. The minimum atomic E-state index is -3.20. The minimum Gasteiger partial charge on any atom is -0.367 e.